The third-order valence-electron chi connectivity index (χ3n) is 4.50. The first-order chi connectivity index (χ1) is 13.0. The fourth-order valence-corrected chi connectivity index (χ4v) is 4.43. The molecule has 1 N–H and O–H groups in total. The van der Waals surface area contributed by atoms with E-state index in [1.807, 2.05) is 0 Å². The molecule has 1 fully saturated rings. The van der Waals surface area contributed by atoms with Gasteiger partial charge in [0.25, 0.3) is 0 Å². The maximum Gasteiger partial charge on any atom is 0.243 e. The Kier molecular flexibility index (Phi) is 6.53. The minimum Gasteiger partial charge on any atom is -0.486 e. The maximum absolute atomic E-state index is 12.9. The van der Waals surface area contributed by atoms with Crippen molar-refractivity contribution in [2.45, 2.75) is 4.90 Å². The molecule has 9 nitrogen and oxygen atoms in total. The molecule has 0 radical (unpaired) electrons. The van der Waals surface area contributed by atoms with Crippen LogP contribution in [0.5, 0.6) is 11.5 Å². The number of benzene rings is 1. The number of methoxy groups -OCH3 is 1. The summed E-state index contributed by atoms with van der Waals surface area (Å²) in [5.74, 6) is 0.956. The highest BCUT2D eigenvalue weighted by atomic mass is 32.2. The van der Waals surface area contributed by atoms with E-state index < -0.39 is 10.0 Å². The highest BCUT2D eigenvalue weighted by Gasteiger charge is 2.31. The van der Waals surface area contributed by atoms with E-state index in [4.69, 9.17) is 14.2 Å². The van der Waals surface area contributed by atoms with Crippen molar-refractivity contribution in [3.05, 3.63) is 18.2 Å². The van der Waals surface area contributed by atoms with Crippen LogP contribution >= 0.6 is 0 Å². The van der Waals surface area contributed by atoms with E-state index in [0.29, 0.717) is 51.0 Å². The number of nitrogens with zero attached hydrogens (tertiary/aromatic N) is 2. The molecule has 0 saturated carbocycles. The number of carbonyl (C=O) groups excluding carboxylic acids is 1. The summed E-state index contributed by atoms with van der Waals surface area (Å²) in [5, 5.41) is 3.01. The van der Waals surface area contributed by atoms with E-state index in [9.17, 15) is 13.2 Å². The number of rotatable bonds is 7. The van der Waals surface area contributed by atoms with Gasteiger partial charge >= 0.3 is 0 Å². The molecule has 2 aliphatic rings. The molecule has 27 heavy (non-hydrogen) atoms. The smallest absolute Gasteiger partial charge is 0.243 e. The number of amides is 1. The fraction of sp³-hybridized carbons (Fsp3) is 0.588. The van der Waals surface area contributed by atoms with Gasteiger partial charge in [0.15, 0.2) is 11.5 Å². The molecular weight excluding hydrogens is 374 g/mol. The van der Waals surface area contributed by atoms with Crippen LogP contribution in [0.15, 0.2) is 23.1 Å². The van der Waals surface area contributed by atoms with Gasteiger partial charge in [0.2, 0.25) is 15.9 Å². The van der Waals surface area contributed by atoms with Crippen molar-refractivity contribution in [2.24, 2.45) is 0 Å². The van der Waals surface area contributed by atoms with Gasteiger partial charge in [-0.15, -0.1) is 0 Å². The van der Waals surface area contributed by atoms with Crippen molar-refractivity contribution in [3.8, 4) is 11.5 Å². The molecular formula is C17H25N3O6S. The Hall–Kier alpha value is -1.88. The highest BCUT2D eigenvalue weighted by molar-refractivity contribution is 7.89. The van der Waals surface area contributed by atoms with E-state index >= 15 is 0 Å². The van der Waals surface area contributed by atoms with Crippen LogP contribution in [-0.4, -0.2) is 89.7 Å². The number of piperazine rings is 1. The molecule has 1 aromatic carbocycles. The lowest BCUT2D eigenvalue weighted by Gasteiger charge is -2.34. The van der Waals surface area contributed by atoms with Gasteiger partial charge in [-0.3, -0.25) is 4.79 Å². The Balaban J connectivity index is 1.57. The summed E-state index contributed by atoms with van der Waals surface area (Å²) < 4.78 is 43.0. The van der Waals surface area contributed by atoms with Gasteiger partial charge < -0.3 is 24.4 Å². The first-order valence-electron chi connectivity index (χ1n) is 8.89. The fourth-order valence-electron chi connectivity index (χ4n) is 2.99. The van der Waals surface area contributed by atoms with Crippen LogP contribution in [0.1, 0.15) is 0 Å². The summed E-state index contributed by atoms with van der Waals surface area (Å²) in [6.07, 6.45) is 0. The van der Waals surface area contributed by atoms with Crippen molar-refractivity contribution < 1.29 is 27.4 Å². The minimum absolute atomic E-state index is 0.0394. The average Bonchev–Trinajstić information content (AvgIpc) is 2.70. The number of sulfonamides is 1. The monoisotopic (exact) mass is 399 g/mol. The van der Waals surface area contributed by atoms with Crippen molar-refractivity contribution >= 4 is 15.9 Å². The Morgan fingerprint density at radius 2 is 1.85 bits per heavy atom. The predicted molar refractivity (Wildman–Crippen MR) is 97.5 cm³/mol. The quantitative estimate of drug-likeness (QED) is 0.619. The molecule has 0 aromatic heterocycles. The zero-order valence-electron chi connectivity index (χ0n) is 15.3. The molecule has 1 saturated heterocycles. The van der Waals surface area contributed by atoms with E-state index in [1.54, 1.807) is 18.1 Å². The number of fused-ring (bicyclic) bond motifs is 1. The molecule has 0 unspecified atom stereocenters. The van der Waals surface area contributed by atoms with Crippen molar-refractivity contribution in [2.75, 3.05) is 66.2 Å². The van der Waals surface area contributed by atoms with Crippen molar-refractivity contribution in [1.82, 2.24) is 14.5 Å². The molecule has 0 spiro atoms. The Labute approximate surface area is 159 Å². The highest BCUT2D eigenvalue weighted by Crippen LogP contribution is 2.33. The summed E-state index contributed by atoms with van der Waals surface area (Å²) >= 11 is 0. The van der Waals surface area contributed by atoms with Crippen LogP contribution in [0.2, 0.25) is 0 Å². The average molecular weight is 399 g/mol. The number of ether oxygens (including phenoxy) is 3. The molecule has 1 aromatic rings. The topological polar surface area (TPSA) is 97.4 Å². The van der Waals surface area contributed by atoms with Gasteiger partial charge in [-0.25, -0.2) is 8.42 Å². The van der Waals surface area contributed by atoms with Gasteiger partial charge in [0, 0.05) is 45.9 Å². The SMILES string of the molecule is COCCNCC(=O)N1CCN(S(=O)(=O)c2ccc3c(c2)OCCO3)CC1. The van der Waals surface area contributed by atoms with Crippen LogP contribution < -0.4 is 14.8 Å². The first kappa shape index (κ1) is 19.9. The molecule has 1 amide bonds. The van der Waals surface area contributed by atoms with Gasteiger partial charge in [-0.2, -0.15) is 4.31 Å². The van der Waals surface area contributed by atoms with Gasteiger partial charge in [-0.05, 0) is 12.1 Å². The number of nitrogens with one attached hydrogen (secondary N) is 1. The van der Waals surface area contributed by atoms with Crippen LogP contribution in [0.3, 0.4) is 0 Å². The first-order valence-corrected chi connectivity index (χ1v) is 10.3. The zero-order chi connectivity index (χ0) is 19.3. The van der Waals surface area contributed by atoms with E-state index in [1.165, 1.54) is 16.4 Å². The summed E-state index contributed by atoms with van der Waals surface area (Å²) in [6.45, 7) is 3.48. The van der Waals surface area contributed by atoms with Gasteiger partial charge in [0.1, 0.15) is 13.2 Å². The number of carbonyl (C=O) groups is 1. The van der Waals surface area contributed by atoms with Crippen LogP contribution in [0.25, 0.3) is 0 Å². The van der Waals surface area contributed by atoms with E-state index in [0.717, 1.165) is 0 Å². The second kappa shape index (κ2) is 8.87. The molecule has 150 valence electrons. The summed E-state index contributed by atoms with van der Waals surface area (Å²) in [6, 6.07) is 4.65. The molecule has 2 aliphatic heterocycles. The lowest BCUT2D eigenvalue weighted by Crippen LogP contribution is -2.52. The standard InChI is InChI=1S/C17H25N3O6S/c1-24-9-4-18-13-17(21)19-5-7-20(8-6-19)27(22,23)14-2-3-15-16(12-14)26-11-10-25-15/h2-3,12,18H,4-11,13H2,1H3. The minimum atomic E-state index is -3.64. The molecule has 10 heteroatoms. The van der Waals surface area contributed by atoms with Crippen LogP contribution in [-0.2, 0) is 19.6 Å². The molecule has 0 bridgehead atoms. The van der Waals surface area contributed by atoms with Crippen molar-refractivity contribution in [1.29, 1.82) is 0 Å². The summed E-state index contributed by atoms with van der Waals surface area (Å²) in [4.78, 5) is 14.0. The molecule has 0 aliphatic carbocycles. The second-order valence-corrected chi connectivity index (χ2v) is 8.20. The number of hydrogen-bond acceptors (Lipinski definition) is 7. The van der Waals surface area contributed by atoms with Gasteiger partial charge in [0.05, 0.1) is 18.0 Å². The maximum atomic E-state index is 12.9. The van der Waals surface area contributed by atoms with Crippen molar-refractivity contribution in [3.63, 3.8) is 0 Å². The second-order valence-electron chi connectivity index (χ2n) is 6.26. The van der Waals surface area contributed by atoms with E-state index in [2.05, 4.69) is 5.32 Å². The molecule has 0 atom stereocenters. The lowest BCUT2D eigenvalue weighted by molar-refractivity contribution is -0.131. The zero-order valence-corrected chi connectivity index (χ0v) is 16.2. The number of hydrogen-bond donors (Lipinski definition) is 1. The Bertz CT molecular complexity index is 762. The van der Waals surface area contributed by atoms with E-state index in [-0.39, 0.29) is 30.4 Å². The summed E-state index contributed by atoms with van der Waals surface area (Å²) in [7, 11) is -2.04. The Morgan fingerprint density at radius 3 is 2.56 bits per heavy atom. The predicted octanol–water partition coefficient (Wildman–Crippen LogP) is -0.473. The van der Waals surface area contributed by atoms with Crippen LogP contribution in [0, 0.1) is 0 Å². The Morgan fingerprint density at radius 1 is 1.15 bits per heavy atom. The lowest BCUT2D eigenvalue weighted by atomic mass is 10.3. The largest absolute Gasteiger partial charge is 0.486 e. The third-order valence-corrected chi connectivity index (χ3v) is 6.40. The van der Waals surface area contributed by atoms with Gasteiger partial charge in [-0.1, -0.05) is 0 Å². The summed E-state index contributed by atoms with van der Waals surface area (Å²) in [5.41, 5.74) is 0. The normalized spacial score (nSPS) is 17.7. The molecule has 2 heterocycles. The van der Waals surface area contributed by atoms with Crippen LogP contribution in [0.4, 0.5) is 0 Å². The third kappa shape index (κ3) is 4.70. The molecule has 3 rings (SSSR count).